The predicted octanol–water partition coefficient (Wildman–Crippen LogP) is 2.55. The molecule has 0 amide bonds. The van der Waals surface area contributed by atoms with Crippen molar-refractivity contribution in [3.05, 3.63) is 18.0 Å². The van der Waals surface area contributed by atoms with Gasteiger partial charge in [-0.25, -0.2) is 0 Å². The van der Waals surface area contributed by atoms with Gasteiger partial charge in [0.1, 0.15) is 0 Å². The van der Waals surface area contributed by atoms with Crippen LogP contribution in [0.25, 0.3) is 0 Å². The second-order valence-corrected chi connectivity index (χ2v) is 3.67. The van der Waals surface area contributed by atoms with E-state index in [0.29, 0.717) is 25.8 Å². The average Bonchev–Trinajstić information content (AvgIpc) is 2.64. The lowest BCUT2D eigenvalue weighted by Crippen LogP contribution is -2.08. The van der Waals surface area contributed by atoms with Crippen molar-refractivity contribution in [3.8, 4) is 0 Å². The Morgan fingerprint density at radius 2 is 2.06 bits per heavy atom. The Bertz CT molecular complexity index is 374. The molecule has 4 nitrogen and oxygen atoms in total. The SMILES string of the molecule is O=C(O)CCCCCn1ccc(C(F)(F)F)n1. The van der Waals surface area contributed by atoms with Crippen LogP contribution in [0.1, 0.15) is 31.4 Å². The van der Waals surface area contributed by atoms with E-state index >= 15 is 0 Å². The number of alkyl halides is 3. The highest BCUT2D eigenvalue weighted by Crippen LogP contribution is 2.27. The Morgan fingerprint density at radius 1 is 1.35 bits per heavy atom. The predicted molar refractivity (Wildman–Crippen MR) is 53.3 cm³/mol. The fourth-order valence-corrected chi connectivity index (χ4v) is 1.36. The number of unbranched alkanes of at least 4 members (excludes halogenated alkanes) is 2. The largest absolute Gasteiger partial charge is 0.481 e. The quantitative estimate of drug-likeness (QED) is 0.789. The second kappa shape index (κ2) is 5.70. The van der Waals surface area contributed by atoms with Gasteiger partial charge in [-0.1, -0.05) is 6.42 Å². The molecule has 0 saturated heterocycles. The van der Waals surface area contributed by atoms with Crippen LogP contribution in [0.5, 0.6) is 0 Å². The zero-order chi connectivity index (χ0) is 12.9. The molecule has 0 spiro atoms. The molecule has 0 aliphatic rings. The van der Waals surface area contributed by atoms with Crippen LogP contribution >= 0.6 is 0 Å². The van der Waals surface area contributed by atoms with Crippen molar-refractivity contribution >= 4 is 5.97 Å². The maximum atomic E-state index is 12.2. The van der Waals surface area contributed by atoms with Crippen LogP contribution in [-0.2, 0) is 17.5 Å². The van der Waals surface area contributed by atoms with Crippen molar-refractivity contribution in [3.63, 3.8) is 0 Å². The summed E-state index contributed by atoms with van der Waals surface area (Å²) in [6.45, 7) is 0.371. The molecule has 0 fully saturated rings. The molecule has 96 valence electrons. The molecule has 1 aromatic heterocycles. The molecule has 1 N–H and O–H groups in total. The smallest absolute Gasteiger partial charge is 0.435 e. The van der Waals surface area contributed by atoms with Gasteiger partial charge >= 0.3 is 12.1 Å². The molecule has 17 heavy (non-hydrogen) atoms. The highest BCUT2D eigenvalue weighted by molar-refractivity contribution is 5.66. The van der Waals surface area contributed by atoms with Crippen molar-refractivity contribution in [2.75, 3.05) is 0 Å². The van der Waals surface area contributed by atoms with Crippen LogP contribution in [0.4, 0.5) is 13.2 Å². The van der Waals surface area contributed by atoms with Gasteiger partial charge in [0.2, 0.25) is 0 Å². The van der Waals surface area contributed by atoms with E-state index in [-0.39, 0.29) is 6.42 Å². The molecule has 0 aliphatic carbocycles. The maximum Gasteiger partial charge on any atom is 0.435 e. The maximum absolute atomic E-state index is 12.2. The monoisotopic (exact) mass is 250 g/mol. The van der Waals surface area contributed by atoms with Gasteiger partial charge in [0.05, 0.1) is 0 Å². The highest BCUT2D eigenvalue weighted by atomic mass is 19.4. The summed E-state index contributed by atoms with van der Waals surface area (Å²) in [7, 11) is 0. The van der Waals surface area contributed by atoms with E-state index in [9.17, 15) is 18.0 Å². The average molecular weight is 250 g/mol. The van der Waals surface area contributed by atoms with E-state index in [0.717, 1.165) is 6.07 Å². The lowest BCUT2D eigenvalue weighted by Gasteiger charge is -2.02. The molecular weight excluding hydrogens is 237 g/mol. The summed E-state index contributed by atoms with van der Waals surface area (Å²) < 4.78 is 37.8. The van der Waals surface area contributed by atoms with Gasteiger partial charge in [0, 0.05) is 19.2 Å². The number of carboxylic acids is 1. The van der Waals surface area contributed by atoms with E-state index in [1.165, 1.54) is 10.9 Å². The number of carbonyl (C=O) groups is 1. The van der Waals surface area contributed by atoms with Gasteiger partial charge in [-0.05, 0) is 18.9 Å². The van der Waals surface area contributed by atoms with Crippen LogP contribution < -0.4 is 0 Å². The fraction of sp³-hybridized carbons (Fsp3) is 0.600. The van der Waals surface area contributed by atoms with E-state index in [1.54, 1.807) is 0 Å². The first-order valence-corrected chi connectivity index (χ1v) is 5.22. The van der Waals surface area contributed by atoms with E-state index in [1.807, 2.05) is 0 Å². The fourth-order valence-electron chi connectivity index (χ4n) is 1.36. The minimum atomic E-state index is -4.41. The third kappa shape index (κ3) is 4.88. The van der Waals surface area contributed by atoms with Gasteiger partial charge in [-0.2, -0.15) is 18.3 Å². The number of aromatic nitrogens is 2. The number of hydrogen-bond acceptors (Lipinski definition) is 2. The normalized spacial score (nSPS) is 11.7. The Morgan fingerprint density at radius 3 is 2.59 bits per heavy atom. The summed E-state index contributed by atoms with van der Waals surface area (Å²) in [5.41, 5.74) is -0.900. The minimum Gasteiger partial charge on any atom is -0.481 e. The van der Waals surface area contributed by atoms with Gasteiger partial charge in [0.25, 0.3) is 0 Å². The van der Waals surface area contributed by atoms with Gasteiger partial charge in [-0.3, -0.25) is 9.48 Å². The second-order valence-electron chi connectivity index (χ2n) is 3.67. The molecule has 0 aromatic carbocycles. The van der Waals surface area contributed by atoms with Crippen LogP contribution in [0, 0.1) is 0 Å². The molecule has 7 heteroatoms. The molecule has 0 radical (unpaired) electrons. The van der Waals surface area contributed by atoms with E-state index < -0.39 is 17.8 Å². The standard InChI is InChI=1S/C10H13F3N2O2/c11-10(12,13)8-5-7-15(14-8)6-3-1-2-4-9(16)17/h5,7H,1-4,6H2,(H,16,17). The van der Waals surface area contributed by atoms with Crippen LogP contribution in [0.15, 0.2) is 12.3 Å². The molecule has 0 bridgehead atoms. The van der Waals surface area contributed by atoms with Gasteiger partial charge in [-0.15, -0.1) is 0 Å². The molecular formula is C10H13F3N2O2. The van der Waals surface area contributed by atoms with Crippen LogP contribution in [0.3, 0.4) is 0 Å². The number of rotatable bonds is 6. The Balaban J connectivity index is 2.28. The first-order valence-electron chi connectivity index (χ1n) is 5.22. The number of aryl methyl sites for hydroxylation is 1. The van der Waals surface area contributed by atoms with Crippen molar-refractivity contribution < 1.29 is 23.1 Å². The molecule has 0 saturated carbocycles. The lowest BCUT2D eigenvalue weighted by molar-refractivity contribution is -0.141. The van der Waals surface area contributed by atoms with Crippen molar-refractivity contribution in [1.29, 1.82) is 0 Å². The Hall–Kier alpha value is -1.53. The van der Waals surface area contributed by atoms with E-state index in [2.05, 4.69) is 5.10 Å². The zero-order valence-electron chi connectivity index (χ0n) is 9.07. The molecule has 1 rings (SSSR count). The number of carboxylic acid groups (broad SMARTS) is 1. The Kier molecular flexibility index (Phi) is 4.53. The summed E-state index contributed by atoms with van der Waals surface area (Å²) in [6, 6.07) is 0.928. The molecule has 0 unspecified atom stereocenters. The number of nitrogens with zero attached hydrogens (tertiary/aromatic N) is 2. The van der Waals surface area contributed by atoms with Gasteiger partial charge < -0.3 is 5.11 Å². The summed E-state index contributed by atoms with van der Waals surface area (Å²) in [6.07, 6.45) is -1.23. The summed E-state index contributed by atoms with van der Waals surface area (Å²) >= 11 is 0. The van der Waals surface area contributed by atoms with Gasteiger partial charge in [0.15, 0.2) is 5.69 Å². The highest BCUT2D eigenvalue weighted by Gasteiger charge is 2.33. The molecule has 0 atom stereocenters. The zero-order valence-corrected chi connectivity index (χ0v) is 9.07. The Labute approximate surface area is 96.0 Å². The summed E-state index contributed by atoms with van der Waals surface area (Å²) in [5, 5.41) is 11.8. The number of halogens is 3. The first-order chi connectivity index (χ1) is 7.89. The number of aliphatic carboxylic acids is 1. The number of hydrogen-bond donors (Lipinski definition) is 1. The van der Waals surface area contributed by atoms with Crippen molar-refractivity contribution in [1.82, 2.24) is 9.78 Å². The lowest BCUT2D eigenvalue weighted by atomic mass is 10.2. The summed E-state index contributed by atoms with van der Waals surface area (Å²) in [5.74, 6) is -0.858. The van der Waals surface area contributed by atoms with Crippen LogP contribution in [-0.4, -0.2) is 20.9 Å². The van der Waals surface area contributed by atoms with Crippen LogP contribution in [0.2, 0.25) is 0 Å². The summed E-state index contributed by atoms with van der Waals surface area (Å²) in [4.78, 5) is 10.2. The third-order valence-corrected chi connectivity index (χ3v) is 2.21. The first kappa shape index (κ1) is 13.5. The van der Waals surface area contributed by atoms with E-state index in [4.69, 9.17) is 5.11 Å². The minimum absolute atomic E-state index is 0.0902. The van der Waals surface area contributed by atoms with Crippen molar-refractivity contribution in [2.24, 2.45) is 0 Å². The third-order valence-electron chi connectivity index (χ3n) is 2.21. The topological polar surface area (TPSA) is 55.1 Å². The molecule has 0 aliphatic heterocycles. The molecule has 1 heterocycles. The molecule has 1 aromatic rings. The van der Waals surface area contributed by atoms with Crippen molar-refractivity contribution in [2.45, 2.75) is 38.4 Å².